The van der Waals surface area contributed by atoms with Gasteiger partial charge in [-0.2, -0.15) is 9.78 Å². The van der Waals surface area contributed by atoms with Crippen molar-refractivity contribution in [2.24, 2.45) is 0 Å². The summed E-state index contributed by atoms with van der Waals surface area (Å²) in [5.41, 5.74) is 0.843. The minimum Gasteiger partial charge on any atom is -0.347 e. The fourth-order valence-corrected chi connectivity index (χ4v) is 3.00. The van der Waals surface area contributed by atoms with Crippen molar-refractivity contribution in [2.45, 2.75) is 18.4 Å². The Morgan fingerprint density at radius 3 is 2.56 bits per heavy atom. The third-order valence-electron chi connectivity index (χ3n) is 4.49. The molecule has 2 aromatic carbocycles. The van der Waals surface area contributed by atoms with Crippen molar-refractivity contribution >= 4 is 5.91 Å². The van der Waals surface area contributed by atoms with Crippen molar-refractivity contribution in [1.82, 2.24) is 15.1 Å². The Hall–Kier alpha value is -3.35. The molecule has 4 rings (SSSR count). The molecule has 7 heteroatoms. The predicted octanol–water partition coefficient (Wildman–Crippen LogP) is 2.80. The number of carbonyl (C=O) groups excluding carboxylic acids is 1. The highest BCUT2D eigenvalue weighted by molar-refractivity contribution is 5.92. The Balaban J connectivity index is 1.51. The van der Waals surface area contributed by atoms with E-state index in [2.05, 4.69) is 10.4 Å². The lowest BCUT2D eigenvalue weighted by Gasteiger charge is -2.08. The van der Waals surface area contributed by atoms with Gasteiger partial charge in [-0.05, 0) is 54.4 Å². The van der Waals surface area contributed by atoms with Crippen LogP contribution in [0.4, 0.5) is 8.78 Å². The number of hydrogen-bond acceptors (Lipinski definition) is 3. The second-order valence-corrected chi connectivity index (χ2v) is 6.42. The van der Waals surface area contributed by atoms with Crippen molar-refractivity contribution in [2.75, 3.05) is 0 Å². The maximum Gasteiger partial charge on any atom is 0.271 e. The Bertz CT molecular complexity index is 1060. The van der Waals surface area contributed by atoms with E-state index in [-0.39, 0.29) is 23.5 Å². The van der Waals surface area contributed by atoms with Crippen LogP contribution in [0.3, 0.4) is 0 Å². The average Bonchev–Trinajstić information content (AvgIpc) is 3.42. The molecule has 1 saturated carbocycles. The first-order chi connectivity index (χ1) is 13.0. The SMILES string of the molecule is O=C(N[C@H]1C[C@@H]1c1cccc(F)c1)c1ccc(=O)n(-c2ccc(F)cc2)n1. The van der Waals surface area contributed by atoms with Gasteiger partial charge in [0, 0.05) is 18.0 Å². The highest BCUT2D eigenvalue weighted by Gasteiger charge is 2.40. The molecule has 27 heavy (non-hydrogen) atoms. The van der Waals surface area contributed by atoms with Crippen LogP contribution in [0.15, 0.2) is 65.5 Å². The van der Waals surface area contributed by atoms with Crippen LogP contribution in [0, 0.1) is 11.6 Å². The van der Waals surface area contributed by atoms with E-state index in [1.807, 2.05) is 6.07 Å². The molecule has 0 saturated heterocycles. The molecule has 0 spiro atoms. The van der Waals surface area contributed by atoms with Gasteiger partial charge in [-0.15, -0.1) is 0 Å². The molecule has 0 unspecified atom stereocenters. The predicted molar refractivity (Wildman–Crippen MR) is 94.8 cm³/mol. The average molecular weight is 367 g/mol. The number of halogens is 2. The number of amides is 1. The molecule has 136 valence electrons. The minimum absolute atomic E-state index is 0.0626. The molecule has 5 nitrogen and oxygen atoms in total. The van der Waals surface area contributed by atoms with Crippen LogP contribution in [0.1, 0.15) is 28.4 Å². The van der Waals surface area contributed by atoms with Crippen molar-refractivity contribution in [3.05, 3.63) is 93.9 Å². The monoisotopic (exact) mass is 367 g/mol. The highest BCUT2D eigenvalue weighted by atomic mass is 19.1. The van der Waals surface area contributed by atoms with Gasteiger partial charge in [0.15, 0.2) is 0 Å². The number of hydrogen-bond donors (Lipinski definition) is 1. The quantitative estimate of drug-likeness (QED) is 0.771. The standard InChI is InChI=1S/C20H15F2N3O2/c21-13-4-6-15(7-5-13)25-19(26)9-8-17(24-25)20(27)23-18-11-16(18)12-2-1-3-14(22)10-12/h1-10,16,18H,11H2,(H,23,27)/t16-,18+/m1/s1. The van der Waals surface area contributed by atoms with Gasteiger partial charge < -0.3 is 5.32 Å². The zero-order chi connectivity index (χ0) is 19.0. The Morgan fingerprint density at radius 1 is 1.04 bits per heavy atom. The van der Waals surface area contributed by atoms with Crippen LogP contribution in [0.2, 0.25) is 0 Å². The molecule has 1 aliphatic rings. The summed E-state index contributed by atoms with van der Waals surface area (Å²) in [6, 6.07) is 14.0. The number of benzene rings is 2. The highest BCUT2D eigenvalue weighted by Crippen LogP contribution is 2.40. The van der Waals surface area contributed by atoms with Crippen molar-refractivity contribution in [3.63, 3.8) is 0 Å². The Morgan fingerprint density at radius 2 is 1.81 bits per heavy atom. The summed E-state index contributed by atoms with van der Waals surface area (Å²) in [5, 5.41) is 6.92. The molecule has 1 aliphatic carbocycles. The molecule has 1 heterocycles. The topological polar surface area (TPSA) is 64.0 Å². The number of nitrogens with zero attached hydrogens (tertiary/aromatic N) is 2. The van der Waals surface area contributed by atoms with Gasteiger partial charge >= 0.3 is 0 Å². The maximum absolute atomic E-state index is 13.3. The van der Waals surface area contributed by atoms with E-state index in [0.29, 0.717) is 12.1 Å². The second kappa shape index (κ2) is 6.75. The first-order valence-electron chi connectivity index (χ1n) is 8.44. The van der Waals surface area contributed by atoms with Crippen LogP contribution < -0.4 is 10.9 Å². The number of rotatable bonds is 4. The van der Waals surface area contributed by atoms with E-state index in [1.54, 1.807) is 6.07 Å². The minimum atomic E-state index is -0.433. The maximum atomic E-state index is 13.3. The molecule has 1 amide bonds. The molecule has 0 radical (unpaired) electrons. The molecule has 0 bridgehead atoms. The smallest absolute Gasteiger partial charge is 0.271 e. The molecule has 1 aromatic heterocycles. The van der Waals surface area contributed by atoms with Crippen LogP contribution in [0.25, 0.3) is 5.69 Å². The number of aromatic nitrogens is 2. The van der Waals surface area contributed by atoms with Crippen LogP contribution in [-0.4, -0.2) is 21.7 Å². The number of carbonyl (C=O) groups is 1. The molecule has 2 atom stereocenters. The fourth-order valence-electron chi connectivity index (χ4n) is 3.00. The lowest BCUT2D eigenvalue weighted by molar-refractivity contribution is 0.0943. The summed E-state index contributed by atoms with van der Waals surface area (Å²) in [6.45, 7) is 0. The third kappa shape index (κ3) is 3.62. The molecule has 1 fully saturated rings. The largest absolute Gasteiger partial charge is 0.347 e. The van der Waals surface area contributed by atoms with E-state index in [0.717, 1.165) is 10.2 Å². The van der Waals surface area contributed by atoms with E-state index in [4.69, 9.17) is 0 Å². The summed E-state index contributed by atoms with van der Waals surface area (Å²) < 4.78 is 27.4. The van der Waals surface area contributed by atoms with Gasteiger partial charge in [0.25, 0.3) is 11.5 Å². The van der Waals surface area contributed by atoms with Gasteiger partial charge in [-0.1, -0.05) is 12.1 Å². The zero-order valence-corrected chi connectivity index (χ0v) is 14.1. The van der Waals surface area contributed by atoms with Crippen LogP contribution in [-0.2, 0) is 0 Å². The first kappa shape index (κ1) is 17.1. The molecular weight excluding hydrogens is 352 g/mol. The third-order valence-corrected chi connectivity index (χ3v) is 4.49. The normalized spacial score (nSPS) is 18.1. The fraction of sp³-hybridized carbons (Fsp3) is 0.150. The molecule has 3 aromatic rings. The van der Waals surface area contributed by atoms with E-state index in [1.165, 1.54) is 48.5 Å². The van der Waals surface area contributed by atoms with Crippen molar-refractivity contribution in [3.8, 4) is 5.69 Å². The lowest BCUT2D eigenvalue weighted by Crippen LogP contribution is -2.30. The van der Waals surface area contributed by atoms with Crippen molar-refractivity contribution < 1.29 is 13.6 Å². The summed E-state index contributed by atoms with van der Waals surface area (Å²) >= 11 is 0. The lowest BCUT2D eigenvalue weighted by atomic mass is 10.1. The van der Waals surface area contributed by atoms with Gasteiger partial charge in [0.2, 0.25) is 0 Å². The first-order valence-corrected chi connectivity index (χ1v) is 8.44. The molecule has 0 aliphatic heterocycles. The van der Waals surface area contributed by atoms with Gasteiger partial charge in [0.05, 0.1) is 5.69 Å². The summed E-state index contributed by atoms with van der Waals surface area (Å²) in [5.74, 6) is -1.10. The van der Waals surface area contributed by atoms with Crippen molar-refractivity contribution in [1.29, 1.82) is 0 Å². The van der Waals surface area contributed by atoms with E-state index >= 15 is 0 Å². The number of nitrogens with one attached hydrogen (secondary N) is 1. The Kier molecular flexibility index (Phi) is 4.27. The Labute approximate surface area is 153 Å². The summed E-state index contributed by atoms with van der Waals surface area (Å²) in [6.07, 6.45) is 0.715. The van der Waals surface area contributed by atoms with Gasteiger partial charge in [0.1, 0.15) is 17.3 Å². The van der Waals surface area contributed by atoms with Crippen LogP contribution >= 0.6 is 0 Å². The van der Waals surface area contributed by atoms with Gasteiger partial charge in [-0.3, -0.25) is 9.59 Å². The molecular formula is C20H15F2N3O2. The summed E-state index contributed by atoms with van der Waals surface area (Å²) in [7, 11) is 0. The van der Waals surface area contributed by atoms with E-state index < -0.39 is 17.3 Å². The van der Waals surface area contributed by atoms with E-state index in [9.17, 15) is 18.4 Å². The zero-order valence-electron chi connectivity index (χ0n) is 14.1. The van der Waals surface area contributed by atoms with Gasteiger partial charge in [-0.25, -0.2) is 8.78 Å². The second-order valence-electron chi connectivity index (χ2n) is 6.42. The van der Waals surface area contributed by atoms with Crippen LogP contribution in [0.5, 0.6) is 0 Å². The summed E-state index contributed by atoms with van der Waals surface area (Å²) in [4.78, 5) is 24.5. The molecule has 1 N–H and O–H groups in total.